The van der Waals surface area contributed by atoms with Crippen LogP contribution in [0, 0.1) is 11.7 Å². The lowest BCUT2D eigenvalue weighted by molar-refractivity contribution is 0.153. The summed E-state index contributed by atoms with van der Waals surface area (Å²) in [6.45, 7) is 3.87. The number of aromatic nitrogens is 6. The third-order valence-corrected chi connectivity index (χ3v) is 6.33. The van der Waals surface area contributed by atoms with Crippen LogP contribution in [-0.4, -0.2) is 41.5 Å². The molecule has 0 spiro atoms. The van der Waals surface area contributed by atoms with Gasteiger partial charge in [0.15, 0.2) is 5.82 Å². The minimum Gasteiger partial charge on any atom is -0.374 e. The summed E-state index contributed by atoms with van der Waals surface area (Å²) in [5.74, 6) is 0.317. The molecule has 9 heteroatoms. The van der Waals surface area contributed by atoms with Gasteiger partial charge < -0.3 is 15.4 Å². The van der Waals surface area contributed by atoms with Crippen molar-refractivity contribution in [1.29, 1.82) is 0 Å². The second kappa shape index (κ2) is 9.11. The van der Waals surface area contributed by atoms with Crippen molar-refractivity contribution < 1.29 is 9.50 Å². The van der Waals surface area contributed by atoms with Crippen LogP contribution in [0.1, 0.15) is 13.8 Å². The highest BCUT2D eigenvalue weighted by molar-refractivity contribution is 5.97. The second-order valence-electron chi connectivity index (χ2n) is 9.25. The van der Waals surface area contributed by atoms with Crippen molar-refractivity contribution in [1.82, 2.24) is 30.1 Å². The van der Waals surface area contributed by atoms with Crippen molar-refractivity contribution in [2.45, 2.75) is 20.1 Å². The molecule has 1 atom stereocenters. The molecule has 1 unspecified atom stereocenters. The maximum Gasteiger partial charge on any atom is 0.159 e. The maximum absolute atomic E-state index is 14.5. The number of fused-ring (bicyclic) bond motifs is 2. The predicted molar refractivity (Wildman–Crippen MR) is 142 cm³/mol. The molecule has 0 amide bonds. The Hall–Kier alpha value is -4.63. The third-order valence-electron chi connectivity index (χ3n) is 6.33. The fourth-order valence-electron chi connectivity index (χ4n) is 4.29. The van der Waals surface area contributed by atoms with E-state index in [9.17, 15) is 9.50 Å². The Balaban J connectivity index is 1.42. The van der Waals surface area contributed by atoms with Crippen LogP contribution in [0.25, 0.3) is 55.8 Å². The number of halogens is 1. The SMILES string of the molecule is CC(C)C(O)Nc1cncc(-c2cc3c(-c4nc5c(-c6ccccc6F)cccc5[nH]4)n[nH]c3cn2)c1. The molecule has 4 N–H and O–H groups in total. The molecule has 0 saturated heterocycles. The molecular weight excluding hydrogens is 469 g/mol. The number of aromatic amines is 2. The van der Waals surface area contributed by atoms with Gasteiger partial charge in [-0.15, -0.1) is 0 Å². The average Bonchev–Trinajstić information content (AvgIpc) is 3.53. The number of anilines is 1. The van der Waals surface area contributed by atoms with E-state index in [1.807, 2.05) is 50.2 Å². The first-order chi connectivity index (χ1) is 18.0. The number of nitrogens with one attached hydrogen (secondary N) is 3. The molecule has 2 aromatic carbocycles. The molecular formula is C28H24FN7O. The highest BCUT2D eigenvalue weighted by Crippen LogP contribution is 2.33. The first-order valence-electron chi connectivity index (χ1n) is 12.0. The molecule has 184 valence electrons. The van der Waals surface area contributed by atoms with Gasteiger partial charge in [0.05, 0.1) is 40.3 Å². The number of pyridine rings is 2. The topological polar surface area (TPSA) is 115 Å². The van der Waals surface area contributed by atoms with Crippen LogP contribution in [-0.2, 0) is 0 Å². The Morgan fingerprint density at radius 1 is 0.946 bits per heavy atom. The monoisotopic (exact) mass is 493 g/mol. The summed E-state index contributed by atoms with van der Waals surface area (Å²) < 4.78 is 14.5. The zero-order valence-corrected chi connectivity index (χ0v) is 20.2. The number of aliphatic hydroxyl groups excluding tert-OH is 1. The van der Waals surface area contributed by atoms with E-state index in [0.29, 0.717) is 39.5 Å². The van der Waals surface area contributed by atoms with Crippen LogP contribution in [0.2, 0.25) is 0 Å². The minimum atomic E-state index is -0.685. The highest BCUT2D eigenvalue weighted by atomic mass is 19.1. The van der Waals surface area contributed by atoms with Gasteiger partial charge in [-0.2, -0.15) is 5.10 Å². The number of hydrogen-bond acceptors (Lipinski definition) is 6. The number of nitrogens with zero attached hydrogens (tertiary/aromatic N) is 4. The molecule has 8 nitrogen and oxygen atoms in total. The number of para-hydroxylation sites is 1. The van der Waals surface area contributed by atoms with Crippen molar-refractivity contribution in [3.8, 4) is 33.9 Å². The van der Waals surface area contributed by atoms with Gasteiger partial charge in [-0.25, -0.2) is 9.37 Å². The second-order valence-corrected chi connectivity index (χ2v) is 9.25. The van der Waals surface area contributed by atoms with E-state index in [2.05, 4.69) is 30.5 Å². The zero-order chi connectivity index (χ0) is 25.5. The smallest absolute Gasteiger partial charge is 0.159 e. The fourth-order valence-corrected chi connectivity index (χ4v) is 4.29. The van der Waals surface area contributed by atoms with E-state index in [0.717, 1.165) is 22.0 Å². The Labute approximate surface area is 211 Å². The molecule has 0 radical (unpaired) electrons. The lowest BCUT2D eigenvalue weighted by atomic mass is 10.0. The standard InChI is InChI=1S/C28H24FN7O/c1-15(2)28(37)32-17-10-16(12-30-13-17)23-11-20-24(14-31-23)35-36-26(20)27-33-22-9-5-7-19(25(22)34-27)18-6-3-4-8-21(18)29/h3-15,28,32,37H,1-2H3,(H,33,34)(H,35,36). The number of benzene rings is 2. The molecule has 0 bridgehead atoms. The van der Waals surface area contributed by atoms with Crippen LogP contribution in [0.15, 0.2) is 73.2 Å². The largest absolute Gasteiger partial charge is 0.374 e. The van der Waals surface area contributed by atoms with Gasteiger partial charge in [-0.05, 0) is 30.2 Å². The fraction of sp³-hybridized carbons (Fsp3) is 0.143. The van der Waals surface area contributed by atoms with Crippen LogP contribution >= 0.6 is 0 Å². The zero-order valence-electron chi connectivity index (χ0n) is 20.2. The van der Waals surface area contributed by atoms with Gasteiger partial charge in [0, 0.05) is 28.3 Å². The number of hydrogen-bond donors (Lipinski definition) is 4. The number of imidazole rings is 1. The predicted octanol–water partition coefficient (Wildman–Crippen LogP) is 5.76. The van der Waals surface area contributed by atoms with Gasteiger partial charge in [0.25, 0.3) is 0 Å². The Morgan fingerprint density at radius 3 is 2.62 bits per heavy atom. The molecule has 0 aliphatic carbocycles. The van der Waals surface area contributed by atoms with E-state index < -0.39 is 6.23 Å². The van der Waals surface area contributed by atoms with Crippen molar-refractivity contribution in [3.63, 3.8) is 0 Å². The minimum absolute atomic E-state index is 0.0503. The third kappa shape index (κ3) is 4.19. The van der Waals surface area contributed by atoms with Crippen molar-refractivity contribution in [2.24, 2.45) is 5.92 Å². The summed E-state index contributed by atoms with van der Waals surface area (Å²) >= 11 is 0. The lowest BCUT2D eigenvalue weighted by Crippen LogP contribution is -2.24. The van der Waals surface area contributed by atoms with Gasteiger partial charge in [0.1, 0.15) is 17.7 Å². The van der Waals surface area contributed by atoms with Crippen LogP contribution in [0.3, 0.4) is 0 Å². The summed E-state index contributed by atoms with van der Waals surface area (Å²) in [7, 11) is 0. The van der Waals surface area contributed by atoms with E-state index >= 15 is 0 Å². The van der Waals surface area contributed by atoms with E-state index in [1.54, 1.807) is 30.7 Å². The first-order valence-corrected chi connectivity index (χ1v) is 12.0. The van der Waals surface area contributed by atoms with E-state index in [4.69, 9.17) is 4.98 Å². The van der Waals surface area contributed by atoms with Crippen molar-refractivity contribution >= 4 is 27.6 Å². The molecule has 0 saturated carbocycles. The summed E-state index contributed by atoms with van der Waals surface area (Å²) in [5, 5.41) is 21.6. The maximum atomic E-state index is 14.5. The molecule has 6 rings (SSSR count). The van der Waals surface area contributed by atoms with Gasteiger partial charge >= 0.3 is 0 Å². The normalized spacial score (nSPS) is 12.5. The molecule has 0 fully saturated rings. The summed E-state index contributed by atoms with van der Waals surface area (Å²) in [6, 6.07) is 16.1. The van der Waals surface area contributed by atoms with Crippen LogP contribution < -0.4 is 5.32 Å². The number of rotatable bonds is 6. The Kier molecular flexibility index (Phi) is 5.61. The molecule has 0 aliphatic rings. The van der Waals surface area contributed by atoms with E-state index in [-0.39, 0.29) is 11.7 Å². The Morgan fingerprint density at radius 2 is 1.78 bits per heavy atom. The molecule has 4 heterocycles. The lowest BCUT2D eigenvalue weighted by Gasteiger charge is -2.17. The molecule has 0 aliphatic heterocycles. The molecule has 4 aromatic heterocycles. The van der Waals surface area contributed by atoms with Gasteiger partial charge in [0.2, 0.25) is 0 Å². The summed E-state index contributed by atoms with van der Waals surface area (Å²) in [5.41, 5.74) is 6.23. The van der Waals surface area contributed by atoms with E-state index in [1.165, 1.54) is 6.07 Å². The van der Waals surface area contributed by atoms with Gasteiger partial charge in [-0.3, -0.25) is 15.1 Å². The summed E-state index contributed by atoms with van der Waals surface area (Å²) in [4.78, 5) is 17.0. The Bertz CT molecular complexity index is 1740. The molecule has 37 heavy (non-hydrogen) atoms. The summed E-state index contributed by atoms with van der Waals surface area (Å²) in [6.07, 6.45) is 4.43. The van der Waals surface area contributed by atoms with Crippen LogP contribution in [0.5, 0.6) is 0 Å². The highest BCUT2D eigenvalue weighted by Gasteiger charge is 2.17. The van der Waals surface area contributed by atoms with Crippen molar-refractivity contribution in [2.75, 3.05) is 5.32 Å². The quantitative estimate of drug-likeness (QED) is 0.219. The van der Waals surface area contributed by atoms with Crippen LogP contribution in [0.4, 0.5) is 10.1 Å². The average molecular weight is 494 g/mol. The van der Waals surface area contributed by atoms with Gasteiger partial charge in [-0.1, -0.05) is 44.2 Å². The number of aliphatic hydroxyl groups is 1. The number of H-pyrrole nitrogens is 2. The first kappa shape index (κ1) is 22.8. The van der Waals surface area contributed by atoms with Crippen molar-refractivity contribution in [3.05, 3.63) is 79.0 Å². The molecule has 6 aromatic rings.